The number of fused-ring (bicyclic) bond motifs is 9. The van der Waals surface area contributed by atoms with Crippen LogP contribution < -0.4 is 0 Å². The monoisotopic (exact) mass is 575 g/mol. The molecule has 0 aliphatic rings. The standard InChI is InChI=1S/C42H29N3/c1-7-27-16-19-31-11-4-24-43-40(31)37(27)28(8-1)22-23-34(35-14-2-9-29-17-20-32-12-5-25-44-41(32)38(29)35)36-15-3-10-30-18-21-33-13-6-26-45-42(33)39(30)36/h1-21,24-26,34H,22-23H2. The Bertz CT molecular complexity index is 2450. The molecule has 0 radical (unpaired) electrons. The van der Waals surface area contributed by atoms with Crippen molar-refractivity contribution in [1.29, 1.82) is 0 Å². The number of aromatic nitrogens is 3. The Morgan fingerprint density at radius 1 is 0.378 bits per heavy atom. The maximum absolute atomic E-state index is 4.93. The van der Waals surface area contributed by atoms with E-state index < -0.39 is 0 Å². The van der Waals surface area contributed by atoms with Crippen LogP contribution in [-0.2, 0) is 6.42 Å². The predicted octanol–water partition coefficient (Wildman–Crippen LogP) is 10.6. The fraction of sp³-hybridized carbons (Fsp3) is 0.0714. The molecule has 0 unspecified atom stereocenters. The summed E-state index contributed by atoms with van der Waals surface area (Å²) >= 11 is 0. The zero-order chi connectivity index (χ0) is 29.7. The van der Waals surface area contributed by atoms with Gasteiger partial charge in [0.15, 0.2) is 0 Å². The minimum atomic E-state index is 0.107. The lowest BCUT2D eigenvalue weighted by Gasteiger charge is -2.23. The van der Waals surface area contributed by atoms with E-state index in [0.29, 0.717) is 0 Å². The van der Waals surface area contributed by atoms with E-state index in [9.17, 15) is 0 Å². The summed E-state index contributed by atoms with van der Waals surface area (Å²) in [4.78, 5) is 14.7. The van der Waals surface area contributed by atoms with Crippen molar-refractivity contribution in [2.75, 3.05) is 0 Å². The molecule has 6 aromatic carbocycles. The molecule has 0 saturated carbocycles. The molecule has 0 spiro atoms. The number of hydrogen-bond donors (Lipinski definition) is 0. The summed E-state index contributed by atoms with van der Waals surface area (Å²) in [5.74, 6) is 0.107. The molecule has 0 aliphatic heterocycles. The van der Waals surface area contributed by atoms with E-state index in [1.165, 1.54) is 54.4 Å². The van der Waals surface area contributed by atoms with Crippen LogP contribution in [0.25, 0.3) is 65.0 Å². The average molecular weight is 576 g/mol. The van der Waals surface area contributed by atoms with Crippen LogP contribution in [-0.4, -0.2) is 15.0 Å². The van der Waals surface area contributed by atoms with Gasteiger partial charge in [0.2, 0.25) is 0 Å². The van der Waals surface area contributed by atoms with Crippen LogP contribution in [0.2, 0.25) is 0 Å². The highest BCUT2D eigenvalue weighted by Gasteiger charge is 2.23. The summed E-state index contributed by atoms with van der Waals surface area (Å²) in [5.41, 5.74) is 7.12. The van der Waals surface area contributed by atoms with E-state index in [-0.39, 0.29) is 5.92 Å². The Kier molecular flexibility index (Phi) is 6.02. The van der Waals surface area contributed by atoms with E-state index in [1.54, 1.807) is 0 Å². The molecule has 3 heterocycles. The van der Waals surface area contributed by atoms with Crippen molar-refractivity contribution < 1.29 is 0 Å². The van der Waals surface area contributed by atoms with Crippen molar-refractivity contribution in [3.8, 4) is 0 Å². The first-order chi connectivity index (χ1) is 22.3. The van der Waals surface area contributed by atoms with Gasteiger partial charge in [0.05, 0.1) is 16.6 Å². The Morgan fingerprint density at radius 3 is 1.29 bits per heavy atom. The van der Waals surface area contributed by atoms with Gasteiger partial charge in [-0.2, -0.15) is 0 Å². The lowest BCUT2D eigenvalue weighted by atomic mass is 9.80. The predicted molar refractivity (Wildman–Crippen MR) is 188 cm³/mol. The fourth-order valence-corrected chi connectivity index (χ4v) is 7.44. The van der Waals surface area contributed by atoms with Gasteiger partial charge in [0, 0.05) is 56.8 Å². The summed E-state index contributed by atoms with van der Waals surface area (Å²) in [5, 5.41) is 10.9. The summed E-state index contributed by atoms with van der Waals surface area (Å²) in [6.45, 7) is 0. The number of aryl methyl sites for hydroxylation is 1. The number of hydrogen-bond acceptors (Lipinski definition) is 3. The summed E-state index contributed by atoms with van der Waals surface area (Å²) < 4.78 is 0. The largest absolute Gasteiger partial charge is 0.256 e. The van der Waals surface area contributed by atoms with Gasteiger partial charge in [-0.05, 0) is 63.9 Å². The van der Waals surface area contributed by atoms with Crippen molar-refractivity contribution in [2.24, 2.45) is 0 Å². The SMILES string of the molecule is c1cnc2c(c1)ccc1cccc(CCC(c3cccc4ccc5cccnc5c34)c3cccc4ccc5cccnc5c34)c12. The molecule has 9 aromatic rings. The van der Waals surface area contributed by atoms with E-state index in [2.05, 4.69) is 109 Å². The van der Waals surface area contributed by atoms with Gasteiger partial charge in [-0.15, -0.1) is 0 Å². The normalized spacial score (nSPS) is 11.9. The Hall–Kier alpha value is -5.67. The molecule has 0 bridgehead atoms. The molecule has 0 saturated heterocycles. The van der Waals surface area contributed by atoms with Gasteiger partial charge >= 0.3 is 0 Å². The topological polar surface area (TPSA) is 38.7 Å². The number of rotatable bonds is 5. The van der Waals surface area contributed by atoms with E-state index in [4.69, 9.17) is 15.0 Å². The lowest BCUT2D eigenvalue weighted by Crippen LogP contribution is -2.06. The third-order valence-electron chi connectivity index (χ3n) is 9.45. The highest BCUT2D eigenvalue weighted by Crippen LogP contribution is 2.42. The van der Waals surface area contributed by atoms with Gasteiger partial charge in [-0.1, -0.05) is 109 Å². The maximum atomic E-state index is 4.93. The van der Waals surface area contributed by atoms with Crippen molar-refractivity contribution >= 4 is 65.0 Å². The van der Waals surface area contributed by atoms with Gasteiger partial charge in [0.1, 0.15) is 0 Å². The highest BCUT2D eigenvalue weighted by atomic mass is 14.7. The second-order valence-electron chi connectivity index (χ2n) is 11.9. The van der Waals surface area contributed by atoms with E-state index in [0.717, 1.165) is 40.2 Å². The fourth-order valence-electron chi connectivity index (χ4n) is 7.44. The second-order valence-corrected chi connectivity index (χ2v) is 11.9. The van der Waals surface area contributed by atoms with Crippen LogP contribution in [0.3, 0.4) is 0 Å². The number of nitrogens with zero attached hydrogens (tertiary/aromatic N) is 3. The van der Waals surface area contributed by atoms with Crippen LogP contribution >= 0.6 is 0 Å². The van der Waals surface area contributed by atoms with E-state index in [1.807, 2.05) is 36.8 Å². The van der Waals surface area contributed by atoms with Crippen LogP contribution in [0.15, 0.2) is 146 Å². The molecule has 45 heavy (non-hydrogen) atoms. The summed E-state index contributed by atoms with van der Waals surface area (Å²) in [7, 11) is 0. The van der Waals surface area contributed by atoms with Gasteiger partial charge < -0.3 is 0 Å². The van der Waals surface area contributed by atoms with Gasteiger partial charge in [0.25, 0.3) is 0 Å². The molecule has 0 amide bonds. The van der Waals surface area contributed by atoms with Crippen molar-refractivity contribution in [3.05, 3.63) is 163 Å². The van der Waals surface area contributed by atoms with Crippen molar-refractivity contribution in [1.82, 2.24) is 15.0 Å². The van der Waals surface area contributed by atoms with Crippen molar-refractivity contribution in [3.63, 3.8) is 0 Å². The molecule has 212 valence electrons. The van der Waals surface area contributed by atoms with E-state index >= 15 is 0 Å². The number of benzene rings is 6. The molecule has 3 heteroatoms. The van der Waals surface area contributed by atoms with Crippen LogP contribution in [0.5, 0.6) is 0 Å². The first-order valence-corrected chi connectivity index (χ1v) is 15.6. The smallest absolute Gasteiger partial charge is 0.0783 e. The van der Waals surface area contributed by atoms with Crippen LogP contribution in [0, 0.1) is 0 Å². The zero-order valence-electron chi connectivity index (χ0n) is 24.7. The van der Waals surface area contributed by atoms with Crippen LogP contribution in [0.4, 0.5) is 0 Å². The lowest BCUT2D eigenvalue weighted by molar-refractivity contribution is 0.727. The quantitative estimate of drug-likeness (QED) is 0.192. The molecular weight excluding hydrogens is 546 g/mol. The third kappa shape index (κ3) is 4.23. The molecule has 0 N–H and O–H groups in total. The highest BCUT2D eigenvalue weighted by molar-refractivity contribution is 6.10. The van der Waals surface area contributed by atoms with Gasteiger partial charge in [-0.3, -0.25) is 15.0 Å². The molecule has 0 fully saturated rings. The Morgan fingerprint density at radius 2 is 0.778 bits per heavy atom. The summed E-state index contributed by atoms with van der Waals surface area (Å²) in [6.07, 6.45) is 7.56. The maximum Gasteiger partial charge on any atom is 0.0783 e. The van der Waals surface area contributed by atoms with Gasteiger partial charge in [-0.25, -0.2) is 0 Å². The minimum absolute atomic E-state index is 0.107. The Labute approximate surface area is 260 Å². The Balaban J connectivity index is 1.31. The molecule has 3 aromatic heterocycles. The molecule has 3 nitrogen and oxygen atoms in total. The first kappa shape index (κ1) is 25.8. The van der Waals surface area contributed by atoms with Crippen LogP contribution in [0.1, 0.15) is 29.0 Å². The second kappa shape index (κ2) is 10.5. The molecular formula is C42H29N3. The summed E-state index contributed by atoms with van der Waals surface area (Å²) in [6, 6.07) is 46.0. The minimum Gasteiger partial charge on any atom is -0.256 e. The van der Waals surface area contributed by atoms with Crippen molar-refractivity contribution in [2.45, 2.75) is 18.8 Å². The molecule has 0 atom stereocenters. The molecule has 0 aliphatic carbocycles. The zero-order valence-corrected chi connectivity index (χ0v) is 24.7. The first-order valence-electron chi connectivity index (χ1n) is 15.6. The number of pyridine rings is 3. The third-order valence-corrected chi connectivity index (χ3v) is 9.45. The average Bonchev–Trinajstić information content (AvgIpc) is 3.11. The molecule has 9 rings (SSSR count).